The van der Waals surface area contributed by atoms with Crippen molar-refractivity contribution in [2.75, 3.05) is 12.3 Å². The Balaban J connectivity index is 1.87. The second kappa shape index (κ2) is 8.01. The van der Waals surface area contributed by atoms with Crippen molar-refractivity contribution in [2.45, 2.75) is 37.9 Å². The van der Waals surface area contributed by atoms with Gasteiger partial charge in [-0.15, -0.1) is 5.10 Å². The first-order valence-corrected chi connectivity index (χ1v) is 8.03. The molecule has 0 aliphatic heterocycles. The van der Waals surface area contributed by atoms with E-state index in [9.17, 15) is 0 Å². The average Bonchev–Trinajstić information content (AvgIpc) is 2.97. The summed E-state index contributed by atoms with van der Waals surface area (Å²) >= 11 is 1.68. The fourth-order valence-electron chi connectivity index (χ4n) is 1.98. The molecule has 0 atom stereocenters. The van der Waals surface area contributed by atoms with Gasteiger partial charge in [-0.1, -0.05) is 43.8 Å². The number of rotatable bonds is 8. The Kier molecular flexibility index (Phi) is 6.01. The quantitative estimate of drug-likeness (QED) is 0.598. The highest BCUT2D eigenvalue weighted by molar-refractivity contribution is 7.99. The van der Waals surface area contributed by atoms with Gasteiger partial charge in [0, 0.05) is 18.3 Å². The van der Waals surface area contributed by atoms with E-state index in [0.29, 0.717) is 6.04 Å². The van der Waals surface area contributed by atoms with Crippen LogP contribution in [0.2, 0.25) is 0 Å². The van der Waals surface area contributed by atoms with Crippen molar-refractivity contribution < 1.29 is 0 Å². The van der Waals surface area contributed by atoms with Crippen LogP contribution in [-0.4, -0.2) is 38.5 Å². The van der Waals surface area contributed by atoms with E-state index in [2.05, 4.69) is 34.7 Å². The van der Waals surface area contributed by atoms with Crippen LogP contribution in [0, 0.1) is 0 Å². The molecular formula is C14H21N5S. The Labute approximate surface area is 124 Å². The third-order valence-corrected chi connectivity index (χ3v) is 4.11. The largest absolute Gasteiger partial charge is 0.313 e. The Morgan fingerprint density at radius 1 is 1.20 bits per heavy atom. The number of nitrogens with zero attached hydrogens (tertiary/aromatic N) is 4. The topological polar surface area (TPSA) is 55.6 Å². The molecule has 108 valence electrons. The lowest BCUT2D eigenvalue weighted by Crippen LogP contribution is -2.29. The highest BCUT2D eigenvalue weighted by Crippen LogP contribution is 2.17. The summed E-state index contributed by atoms with van der Waals surface area (Å²) in [4.78, 5) is 0. The molecule has 20 heavy (non-hydrogen) atoms. The van der Waals surface area contributed by atoms with E-state index in [1.807, 2.05) is 30.3 Å². The average molecular weight is 291 g/mol. The van der Waals surface area contributed by atoms with Crippen molar-refractivity contribution >= 4 is 11.8 Å². The minimum atomic E-state index is 0.612. The van der Waals surface area contributed by atoms with Crippen LogP contribution in [0.25, 0.3) is 5.69 Å². The molecule has 0 amide bonds. The molecule has 1 heterocycles. The van der Waals surface area contributed by atoms with Gasteiger partial charge >= 0.3 is 0 Å². The van der Waals surface area contributed by atoms with Crippen LogP contribution in [0.5, 0.6) is 0 Å². The van der Waals surface area contributed by atoms with Crippen LogP contribution in [-0.2, 0) is 0 Å². The summed E-state index contributed by atoms with van der Waals surface area (Å²) in [6.07, 6.45) is 2.34. The predicted molar refractivity (Wildman–Crippen MR) is 82.3 cm³/mol. The van der Waals surface area contributed by atoms with Gasteiger partial charge < -0.3 is 5.32 Å². The molecule has 0 radical (unpaired) electrons. The highest BCUT2D eigenvalue weighted by atomic mass is 32.2. The summed E-state index contributed by atoms with van der Waals surface area (Å²) < 4.78 is 1.78. The number of tetrazole rings is 1. The molecule has 1 aromatic heterocycles. The van der Waals surface area contributed by atoms with Crippen LogP contribution < -0.4 is 5.32 Å². The van der Waals surface area contributed by atoms with Crippen molar-refractivity contribution in [3.05, 3.63) is 30.3 Å². The van der Waals surface area contributed by atoms with E-state index in [0.717, 1.165) is 23.1 Å². The van der Waals surface area contributed by atoms with Crippen LogP contribution in [0.4, 0.5) is 0 Å². The van der Waals surface area contributed by atoms with Crippen molar-refractivity contribution in [1.82, 2.24) is 25.5 Å². The molecule has 2 aromatic rings. The maximum Gasteiger partial charge on any atom is 0.214 e. The highest BCUT2D eigenvalue weighted by Gasteiger charge is 2.08. The first kappa shape index (κ1) is 15.0. The second-order valence-electron chi connectivity index (χ2n) is 4.52. The molecule has 5 nitrogen and oxygen atoms in total. The Morgan fingerprint density at radius 2 is 1.95 bits per heavy atom. The summed E-state index contributed by atoms with van der Waals surface area (Å²) in [6.45, 7) is 5.40. The van der Waals surface area contributed by atoms with Gasteiger partial charge in [-0.25, -0.2) is 0 Å². The van der Waals surface area contributed by atoms with Gasteiger partial charge in [-0.05, 0) is 35.4 Å². The van der Waals surface area contributed by atoms with Crippen molar-refractivity contribution in [2.24, 2.45) is 0 Å². The van der Waals surface area contributed by atoms with Crippen LogP contribution in [0.15, 0.2) is 35.5 Å². The first-order chi connectivity index (χ1) is 9.85. The van der Waals surface area contributed by atoms with Gasteiger partial charge in [0.2, 0.25) is 5.16 Å². The molecule has 1 aromatic carbocycles. The molecule has 2 rings (SSSR count). The van der Waals surface area contributed by atoms with E-state index in [-0.39, 0.29) is 0 Å². The Morgan fingerprint density at radius 3 is 2.65 bits per heavy atom. The molecule has 1 N–H and O–H groups in total. The molecule has 0 spiro atoms. The van der Waals surface area contributed by atoms with E-state index in [1.54, 1.807) is 16.4 Å². The number of benzene rings is 1. The number of para-hydroxylation sites is 1. The standard InChI is InChI=1S/C14H21N5S/c1-3-12(4-2)15-10-11-20-14-16-17-18-19(14)13-8-6-5-7-9-13/h5-9,12,15H,3-4,10-11H2,1-2H3. The van der Waals surface area contributed by atoms with Crippen LogP contribution in [0.1, 0.15) is 26.7 Å². The molecule has 0 unspecified atom stereocenters. The summed E-state index contributed by atoms with van der Waals surface area (Å²) in [5, 5.41) is 16.3. The molecule has 6 heteroatoms. The maximum atomic E-state index is 4.09. The summed E-state index contributed by atoms with van der Waals surface area (Å²) in [7, 11) is 0. The Bertz CT molecular complexity index is 495. The third-order valence-electron chi connectivity index (χ3n) is 3.19. The SMILES string of the molecule is CCC(CC)NCCSc1nnnn1-c1ccccc1. The van der Waals surface area contributed by atoms with Gasteiger partial charge in [0.05, 0.1) is 5.69 Å². The zero-order chi connectivity index (χ0) is 14.2. The number of nitrogens with one attached hydrogen (secondary N) is 1. The molecule has 0 saturated heterocycles. The monoisotopic (exact) mass is 291 g/mol. The fourth-order valence-corrected chi connectivity index (χ4v) is 2.74. The van der Waals surface area contributed by atoms with Crippen molar-refractivity contribution in [3.63, 3.8) is 0 Å². The van der Waals surface area contributed by atoms with E-state index < -0.39 is 0 Å². The second-order valence-corrected chi connectivity index (χ2v) is 5.59. The number of thioether (sulfide) groups is 1. The molecule has 0 aliphatic rings. The predicted octanol–water partition coefficient (Wildman–Crippen LogP) is 2.53. The van der Waals surface area contributed by atoms with Crippen LogP contribution >= 0.6 is 11.8 Å². The zero-order valence-electron chi connectivity index (χ0n) is 12.0. The minimum absolute atomic E-state index is 0.612. The lowest BCUT2D eigenvalue weighted by atomic mass is 10.2. The molecular weight excluding hydrogens is 270 g/mol. The number of hydrogen-bond acceptors (Lipinski definition) is 5. The van der Waals surface area contributed by atoms with Gasteiger partial charge in [0.25, 0.3) is 0 Å². The maximum absolute atomic E-state index is 4.09. The summed E-state index contributed by atoms with van der Waals surface area (Å²) in [5.74, 6) is 0.962. The van der Waals surface area contributed by atoms with E-state index in [4.69, 9.17) is 0 Å². The first-order valence-electron chi connectivity index (χ1n) is 7.05. The lowest BCUT2D eigenvalue weighted by molar-refractivity contribution is 0.501. The van der Waals surface area contributed by atoms with Gasteiger partial charge in [0.15, 0.2) is 0 Å². The molecule has 0 bridgehead atoms. The zero-order valence-corrected chi connectivity index (χ0v) is 12.8. The van der Waals surface area contributed by atoms with Gasteiger partial charge in [-0.2, -0.15) is 4.68 Å². The smallest absolute Gasteiger partial charge is 0.214 e. The fraction of sp³-hybridized carbons (Fsp3) is 0.500. The van der Waals surface area contributed by atoms with E-state index in [1.165, 1.54) is 12.8 Å². The molecule has 0 aliphatic carbocycles. The molecule has 0 saturated carbocycles. The van der Waals surface area contributed by atoms with E-state index >= 15 is 0 Å². The van der Waals surface area contributed by atoms with Gasteiger partial charge in [-0.3, -0.25) is 0 Å². The molecule has 0 fully saturated rings. The lowest BCUT2D eigenvalue weighted by Gasteiger charge is -2.13. The summed E-state index contributed by atoms with van der Waals surface area (Å²) in [5.41, 5.74) is 0.993. The number of aromatic nitrogens is 4. The third kappa shape index (κ3) is 4.05. The van der Waals surface area contributed by atoms with Crippen molar-refractivity contribution in [1.29, 1.82) is 0 Å². The van der Waals surface area contributed by atoms with Gasteiger partial charge in [0.1, 0.15) is 0 Å². The Hall–Kier alpha value is -1.40. The van der Waals surface area contributed by atoms with Crippen molar-refractivity contribution in [3.8, 4) is 5.69 Å². The normalized spacial score (nSPS) is 11.2. The number of hydrogen-bond donors (Lipinski definition) is 1. The minimum Gasteiger partial charge on any atom is -0.313 e. The van der Waals surface area contributed by atoms with Crippen LogP contribution in [0.3, 0.4) is 0 Å². The summed E-state index contributed by atoms with van der Waals surface area (Å²) in [6, 6.07) is 10.6.